The SMILES string of the molecule is CCC1CCN(C(=O)C(C)(CC)C(N)=S)CC1. The van der Waals surface area contributed by atoms with Crippen LogP contribution >= 0.6 is 12.2 Å². The maximum Gasteiger partial charge on any atom is 0.235 e. The largest absolute Gasteiger partial charge is 0.392 e. The fourth-order valence-electron chi connectivity index (χ4n) is 2.32. The molecule has 0 aliphatic carbocycles. The third kappa shape index (κ3) is 2.97. The summed E-state index contributed by atoms with van der Waals surface area (Å²) >= 11 is 5.05. The topological polar surface area (TPSA) is 46.3 Å². The lowest BCUT2D eigenvalue weighted by Crippen LogP contribution is -2.50. The first-order valence-electron chi connectivity index (χ1n) is 6.55. The molecule has 0 bridgehead atoms. The Hall–Kier alpha value is -0.640. The molecular formula is C13H24N2OS. The lowest BCUT2D eigenvalue weighted by molar-refractivity contribution is -0.139. The Labute approximate surface area is 110 Å². The number of nitrogens with zero attached hydrogens (tertiary/aromatic N) is 1. The van der Waals surface area contributed by atoms with Crippen molar-refractivity contribution in [2.45, 2.75) is 46.5 Å². The fraction of sp³-hybridized carbons (Fsp3) is 0.846. The van der Waals surface area contributed by atoms with E-state index in [0.29, 0.717) is 11.4 Å². The first-order chi connectivity index (χ1) is 7.95. The van der Waals surface area contributed by atoms with Gasteiger partial charge in [-0.3, -0.25) is 4.79 Å². The summed E-state index contributed by atoms with van der Waals surface area (Å²) in [6.45, 7) is 7.76. The van der Waals surface area contributed by atoms with Crippen LogP contribution in [0.5, 0.6) is 0 Å². The smallest absolute Gasteiger partial charge is 0.235 e. The van der Waals surface area contributed by atoms with Gasteiger partial charge in [-0.05, 0) is 32.1 Å². The van der Waals surface area contributed by atoms with Crippen molar-refractivity contribution >= 4 is 23.1 Å². The normalized spacial score (nSPS) is 21.0. The molecule has 1 atom stereocenters. The zero-order valence-electron chi connectivity index (χ0n) is 11.2. The monoisotopic (exact) mass is 256 g/mol. The van der Waals surface area contributed by atoms with Crippen molar-refractivity contribution in [2.24, 2.45) is 17.1 Å². The summed E-state index contributed by atoms with van der Waals surface area (Å²) in [7, 11) is 0. The second-order valence-electron chi connectivity index (χ2n) is 5.19. The molecule has 4 heteroatoms. The average Bonchev–Trinajstić information content (AvgIpc) is 2.36. The Morgan fingerprint density at radius 1 is 1.41 bits per heavy atom. The maximum atomic E-state index is 12.4. The van der Waals surface area contributed by atoms with Crippen LogP contribution in [0.25, 0.3) is 0 Å². The summed E-state index contributed by atoms with van der Waals surface area (Å²) in [5.41, 5.74) is 5.07. The molecule has 17 heavy (non-hydrogen) atoms. The summed E-state index contributed by atoms with van der Waals surface area (Å²) in [5, 5.41) is 0. The second-order valence-corrected chi connectivity index (χ2v) is 5.63. The number of piperidine rings is 1. The Balaban J connectivity index is 2.68. The van der Waals surface area contributed by atoms with E-state index in [-0.39, 0.29) is 5.91 Å². The van der Waals surface area contributed by atoms with Crippen molar-refractivity contribution in [2.75, 3.05) is 13.1 Å². The molecule has 1 saturated heterocycles. The molecule has 1 aliphatic heterocycles. The highest BCUT2D eigenvalue weighted by Gasteiger charge is 2.38. The van der Waals surface area contributed by atoms with Gasteiger partial charge in [0.1, 0.15) is 0 Å². The molecular weight excluding hydrogens is 232 g/mol. The maximum absolute atomic E-state index is 12.4. The highest BCUT2D eigenvalue weighted by Crippen LogP contribution is 2.28. The Morgan fingerprint density at radius 3 is 2.29 bits per heavy atom. The van der Waals surface area contributed by atoms with E-state index in [1.807, 2.05) is 18.7 Å². The zero-order valence-corrected chi connectivity index (χ0v) is 12.0. The zero-order chi connectivity index (χ0) is 13.1. The summed E-state index contributed by atoms with van der Waals surface area (Å²) in [6.07, 6.45) is 4.11. The molecule has 1 amide bonds. The van der Waals surface area contributed by atoms with E-state index in [2.05, 4.69) is 6.92 Å². The highest BCUT2D eigenvalue weighted by atomic mass is 32.1. The Kier molecular flexibility index (Phi) is 4.92. The van der Waals surface area contributed by atoms with Crippen molar-refractivity contribution in [1.29, 1.82) is 0 Å². The standard InChI is InChI=1S/C13H24N2OS/c1-4-10-6-8-15(9-7-10)12(16)13(3,5-2)11(14)17/h10H,4-9H2,1-3H3,(H2,14,17). The van der Waals surface area contributed by atoms with E-state index in [0.717, 1.165) is 31.8 Å². The first kappa shape index (κ1) is 14.4. The summed E-state index contributed by atoms with van der Waals surface area (Å²) in [6, 6.07) is 0. The van der Waals surface area contributed by atoms with Gasteiger partial charge in [0, 0.05) is 13.1 Å². The molecule has 1 unspecified atom stereocenters. The van der Waals surface area contributed by atoms with Crippen molar-refractivity contribution in [3.63, 3.8) is 0 Å². The summed E-state index contributed by atoms with van der Waals surface area (Å²) in [4.78, 5) is 14.7. The van der Waals surface area contributed by atoms with Crippen molar-refractivity contribution in [1.82, 2.24) is 4.90 Å². The van der Waals surface area contributed by atoms with Crippen LogP contribution in [0.1, 0.15) is 46.5 Å². The van der Waals surface area contributed by atoms with Gasteiger partial charge in [-0.2, -0.15) is 0 Å². The van der Waals surface area contributed by atoms with Crippen LogP contribution < -0.4 is 5.73 Å². The molecule has 0 aromatic heterocycles. The number of nitrogens with two attached hydrogens (primary N) is 1. The minimum Gasteiger partial charge on any atom is -0.392 e. The number of carbonyl (C=O) groups excluding carboxylic acids is 1. The van der Waals surface area contributed by atoms with Gasteiger partial charge in [-0.25, -0.2) is 0 Å². The van der Waals surface area contributed by atoms with Crippen LogP contribution in [0.3, 0.4) is 0 Å². The predicted molar refractivity (Wildman–Crippen MR) is 74.8 cm³/mol. The van der Waals surface area contributed by atoms with Gasteiger partial charge in [-0.15, -0.1) is 0 Å². The molecule has 3 nitrogen and oxygen atoms in total. The van der Waals surface area contributed by atoms with E-state index in [4.69, 9.17) is 18.0 Å². The van der Waals surface area contributed by atoms with Crippen LogP contribution in [-0.2, 0) is 4.79 Å². The van der Waals surface area contributed by atoms with Crippen molar-refractivity contribution in [3.05, 3.63) is 0 Å². The molecule has 1 rings (SSSR count). The summed E-state index contributed by atoms with van der Waals surface area (Å²) in [5.74, 6) is 0.888. The van der Waals surface area contributed by atoms with E-state index in [1.165, 1.54) is 6.42 Å². The van der Waals surface area contributed by atoms with Crippen LogP contribution in [0.4, 0.5) is 0 Å². The first-order valence-corrected chi connectivity index (χ1v) is 6.95. The molecule has 0 aromatic carbocycles. The highest BCUT2D eigenvalue weighted by molar-refractivity contribution is 7.80. The molecule has 1 aliphatic rings. The van der Waals surface area contributed by atoms with Gasteiger partial charge < -0.3 is 10.6 Å². The molecule has 0 aromatic rings. The number of hydrogen-bond donors (Lipinski definition) is 1. The molecule has 1 fully saturated rings. The molecule has 0 saturated carbocycles. The second kappa shape index (κ2) is 5.80. The molecule has 2 N–H and O–H groups in total. The minimum atomic E-state index is -0.658. The lowest BCUT2D eigenvalue weighted by Gasteiger charge is -2.37. The lowest BCUT2D eigenvalue weighted by atomic mass is 9.84. The number of rotatable bonds is 4. The third-order valence-electron chi connectivity index (χ3n) is 4.20. The number of amides is 1. The van der Waals surface area contributed by atoms with E-state index in [1.54, 1.807) is 0 Å². The number of carbonyl (C=O) groups is 1. The van der Waals surface area contributed by atoms with Crippen LogP contribution in [0.2, 0.25) is 0 Å². The average molecular weight is 256 g/mol. The van der Waals surface area contributed by atoms with Crippen LogP contribution in [0, 0.1) is 11.3 Å². The van der Waals surface area contributed by atoms with Gasteiger partial charge in [0.2, 0.25) is 5.91 Å². The third-order valence-corrected chi connectivity index (χ3v) is 4.65. The molecule has 0 spiro atoms. The van der Waals surface area contributed by atoms with Crippen LogP contribution in [-0.4, -0.2) is 28.9 Å². The van der Waals surface area contributed by atoms with Gasteiger partial charge in [0.05, 0.1) is 10.4 Å². The number of thiocarbonyl (C=S) groups is 1. The van der Waals surface area contributed by atoms with E-state index < -0.39 is 5.41 Å². The van der Waals surface area contributed by atoms with Crippen LogP contribution in [0.15, 0.2) is 0 Å². The van der Waals surface area contributed by atoms with E-state index >= 15 is 0 Å². The van der Waals surface area contributed by atoms with E-state index in [9.17, 15) is 4.79 Å². The molecule has 98 valence electrons. The molecule has 1 heterocycles. The van der Waals surface area contributed by atoms with Gasteiger partial charge in [-0.1, -0.05) is 32.5 Å². The quantitative estimate of drug-likeness (QED) is 0.785. The van der Waals surface area contributed by atoms with Gasteiger partial charge >= 0.3 is 0 Å². The summed E-state index contributed by atoms with van der Waals surface area (Å²) < 4.78 is 0. The Bertz CT molecular complexity index is 298. The van der Waals surface area contributed by atoms with Crippen molar-refractivity contribution < 1.29 is 4.79 Å². The van der Waals surface area contributed by atoms with Gasteiger partial charge in [0.15, 0.2) is 0 Å². The molecule has 0 radical (unpaired) electrons. The predicted octanol–water partition coefficient (Wildman–Crippen LogP) is 2.34. The van der Waals surface area contributed by atoms with Crippen molar-refractivity contribution in [3.8, 4) is 0 Å². The fourth-order valence-corrected chi connectivity index (χ4v) is 2.56. The minimum absolute atomic E-state index is 0.113. The number of hydrogen-bond acceptors (Lipinski definition) is 2. The number of likely N-dealkylation sites (tertiary alicyclic amines) is 1. The van der Waals surface area contributed by atoms with Gasteiger partial charge in [0.25, 0.3) is 0 Å². The Morgan fingerprint density at radius 2 is 1.94 bits per heavy atom.